The maximum Gasteiger partial charge on any atom is 0.257 e. The van der Waals surface area contributed by atoms with Crippen molar-refractivity contribution in [2.75, 3.05) is 25.1 Å². The minimum absolute atomic E-state index is 0.111. The molecule has 0 spiro atoms. The summed E-state index contributed by atoms with van der Waals surface area (Å²) in [5.74, 6) is 0.923. The molecule has 2 aromatic rings. The number of anilines is 1. The van der Waals surface area contributed by atoms with Gasteiger partial charge in [0.05, 0.1) is 19.3 Å². The third-order valence-corrected chi connectivity index (χ3v) is 4.17. The first-order valence-electron chi connectivity index (χ1n) is 9.27. The normalized spacial score (nSPS) is 16.8. The number of nitrogens with one attached hydrogen (secondary N) is 2. The topological polar surface area (TPSA) is 72.0 Å². The van der Waals surface area contributed by atoms with Crippen molar-refractivity contribution >= 4 is 17.6 Å². The second-order valence-corrected chi connectivity index (χ2v) is 6.23. The average Bonchev–Trinajstić information content (AvgIpc) is 3.21. The van der Waals surface area contributed by atoms with E-state index in [4.69, 9.17) is 9.47 Å². The van der Waals surface area contributed by atoms with E-state index in [1.54, 1.807) is 24.3 Å². The maximum absolute atomic E-state index is 12.6. The fraction of sp³-hybridized carbons (Fsp3) is 0.333. The monoisotopic (exact) mass is 367 g/mol. The van der Waals surface area contributed by atoms with Crippen molar-refractivity contribution in [1.29, 1.82) is 0 Å². The van der Waals surface area contributed by atoms with Crippen LogP contribution in [-0.4, -0.2) is 37.7 Å². The molecule has 2 aromatic carbocycles. The number of carbonyl (C=O) groups is 1. The van der Waals surface area contributed by atoms with E-state index in [1.807, 2.05) is 37.3 Å². The molecule has 0 radical (unpaired) electrons. The fourth-order valence-electron chi connectivity index (χ4n) is 2.80. The summed E-state index contributed by atoms with van der Waals surface area (Å²) in [5, 5.41) is 6.03. The first-order valence-corrected chi connectivity index (χ1v) is 9.27. The van der Waals surface area contributed by atoms with Gasteiger partial charge in [0.2, 0.25) is 5.96 Å². The molecule has 1 atom stereocenters. The zero-order valence-corrected chi connectivity index (χ0v) is 15.5. The number of aliphatic imine (C=N–C) groups is 1. The van der Waals surface area contributed by atoms with Gasteiger partial charge in [0.1, 0.15) is 5.75 Å². The third kappa shape index (κ3) is 5.82. The largest absolute Gasteiger partial charge is 0.494 e. The van der Waals surface area contributed by atoms with Crippen LogP contribution in [0.3, 0.4) is 0 Å². The lowest BCUT2D eigenvalue weighted by atomic mass is 10.2. The van der Waals surface area contributed by atoms with E-state index in [-0.39, 0.29) is 12.0 Å². The molecular weight excluding hydrogens is 342 g/mol. The highest BCUT2D eigenvalue weighted by atomic mass is 16.5. The Hall–Kier alpha value is -2.86. The van der Waals surface area contributed by atoms with Gasteiger partial charge in [0.15, 0.2) is 0 Å². The van der Waals surface area contributed by atoms with E-state index >= 15 is 0 Å². The Labute approximate surface area is 159 Å². The molecule has 27 heavy (non-hydrogen) atoms. The molecule has 0 unspecified atom stereocenters. The minimum atomic E-state index is -0.229. The van der Waals surface area contributed by atoms with Crippen molar-refractivity contribution in [3.63, 3.8) is 0 Å². The fourth-order valence-corrected chi connectivity index (χ4v) is 2.80. The number of hydrogen-bond acceptors (Lipinski definition) is 4. The van der Waals surface area contributed by atoms with Crippen LogP contribution in [0.4, 0.5) is 5.69 Å². The van der Waals surface area contributed by atoms with E-state index < -0.39 is 0 Å². The van der Waals surface area contributed by atoms with E-state index in [9.17, 15) is 4.79 Å². The molecule has 1 heterocycles. The molecule has 0 saturated carbocycles. The van der Waals surface area contributed by atoms with Crippen LogP contribution in [0, 0.1) is 0 Å². The highest BCUT2D eigenvalue weighted by Gasteiger charge is 2.16. The molecule has 142 valence electrons. The molecule has 6 heteroatoms. The van der Waals surface area contributed by atoms with Crippen LogP contribution in [-0.2, 0) is 4.74 Å². The Kier molecular flexibility index (Phi) is 6.82. The molecule has 1 aliphatic rings. The smallest absolute Gasteiger partial charge is 0.257 e. The van der Waals surface area contributed by atoms with Gasteiger partial charge < -0.3 is 14.8 Å². The number of benzene rings is 2. The molecule has 1 amide bonds. The molecule has 0 aliphatic carbocycles. The van der Waals surface area contributed by atoms with Gasteiger partial charge in [0, 0.05) is 17.9 Å². The Morgan fingerprint density at radius 2 is 1.96 bits per heavy atom. The van der Waals surface area contributed by atoms with Crippen molar-refractivity contribution in [3.05, 3.63) is 60.2 Å². The van der Waals surface area contributed by atoms with Crippen LogP contribution in [0.15, 0.2) is 59.6 Å². The summed E-state index contributed by atoms with van der Waals surface area (Å²) in [7, 11) is 0. The zero-order chi connectivity index (χ0) is 18.9. The van der Waals surface area contributed by atoms with Crippen LogP contribution in [0.2, 0.25) is 0 Å². The quantitative estimate of drug-likeness (QED) is 0.606. The molecule has 2 N–H and O–H groups in total. The van der Waals surface area contributed by atoms with Gasteiger partial charge in [-0.2, -0.15) is 0 Å². The van der Waals surface area contributed by atoms with Gasteiger partial charge in [-0.25, -0.2) is 4.99 Å². The average molecular weight is 367 g/mol. The number of carbonyl (C=O) groups excluding carboxylic acids is 1. The van der Waals surface area contributed by atoms with Crippen LogP contribution < -0.4 is 15.4 Å². The van der Waals surface area contributed by atoms with E-state index in [2.05, 4.69) is 15.6 Å². The predicted octanol–water partition coefficient (Wildman–Crippen LogP) is 3.46. The van der Waals surface area contributed by atoms with E-state index in [1.165, 1.54) is 0 Å². The highest BCUT2D eigenvalue weighted by molar-refractivity contribution is 6.10. The molecule has 3 rings (SSSR count). The van der Waals surface area contributed by atoms with Gasteiger partial charge in [-0.1, -0.05) is 18.2 Å². The summed E-state index contributed by atoms with van der Waals surface area (Å²) in [6.45, 7) is 3.80. The second-order valence-electron chi connectivity index (χ2n) is 6.23. The summed E-state index contributed by atoms with van der Waals surface area (Å²) in [5.41, 5.74) is 1.40. The summed E-state index contributed by atoms with van der Waals surface area (Å²) in [6, 6.07) is 16.7. The number of ether oxygens (including phenoxy) is 2. The summed E-state index contributed by atoms with van der Waals surface area (Å²) < 4.78 is 11.0. The maximum atomic E-state index is 12.6. The van der Waals surface area contributed by atoms with E-state index in [0.29, 0.717) is 24.7 Å². The number of hydrogen-bond donors (Lipinski definition) is 2. The van der Waals surface area contributed by atoms with Crippen molar-refractivity contribution in [2.45, 2.75) is 25.9 Å². The van der Waals surface area contributed by atoms with Crippen molar-refractivity contribution < 1.29 is 14.3 Å². The van der Waals surface area contributed by atoms with Crippen molar-refractivity contribution in [2.24, 2.45) is 4.99 Å². The van der Waals surface area contributed by atoms with Crippen molar-refractivity contribution in [1.82, 2.24) is 5.32 Å². The van der Waals surface area contributed by atoms with Crippen LogP contribution in [0.1, 0.15) is 30.1 Å². The van der Waals surface area contributed by atoms with Gasteiger partial charge in [0.25, 0.3) is 5.91 Å². The van der Waals surface area contributed by atoms with Gasteiger partial charge in [-0.3, -0.25) is 10.1 Å². The molecule has 1 aliphatic heterocycles. The first-order chi connectivity index (χ1) is 13.2. The molecule has 1 saturated heterocycles. The lowest BCUT2D eigenvalue weighted by molar-refractivity contribution is 0.0975. The molecular formula is C21H25N3O3. The number of amides is 1. The summed E-state index contributed by atoms with van der Waals surface area (Å²) in [6.07, 6.45) is 2.16. The Morgan fingerprint density at radius 3 is 2.63 bits per heavy atom. The summed E-state index contributed by atoms with van der Waals surface area (Å²) >= 11 is 0. The molecule has 0 bridgehead atoms. The van der Waals surface area contributed by atoms with Crippen LogP contribution in [0.25, 0.3) is 0 Å². The lowest BCUT2D eigenvalue weighted by Gasteiger charge is -2.13. The predicted molar refractivity (Wildman–Crippen MR) is 106 cm³/mol. The van der Waals surface area contributed by atoms with E-state index in [0.717, 1.165) is 30.9 Å². The van der Waals surface area contributed by atoms with Crippen molar-refractivity contribution in [3.8, 4) is 5.75 Å². The first kappa shape index (κ1) is 18.9. The summed E-state index contributed by atoms with van der Waals surface area (Å²) in [4.78, 5) is 17.1. The third-order valence-electron chi connectivity index (χ3n) is 4.17. The number of guanidine groups is 1. The Bertz CT molecular complexity index is 754. The van der Waals surface area contributed by atoms with Gasteiger partial charge >= 0.3 is 0 Å². The zero-order valence-electron chi connectivity index (χ0n) is 15.5. The van der Waals surface area contributed by atoms with Gasteiger partial charge in [-0.05, 0) is 56.2 Å². The second kappa shape index (κ2) is 9.73. The molecule has 1 fully saturated rings. The number of para-hydroxylation sites is 1. The number of nitrogens with zero attached hydrogens (tertiary/aromatic N) is 1. The van der Waals surface area contributed by atoms with Crippen LogP contribution in [0.5, 0.6) is 5.75 Å². The minimum Gasteiger partial charge on any atom is -0.494 e. The SMILES string of the molecule is CCOc1ccc(C(=O)NC(=NC[C@@H]2CCCO2)Nc2ccccc2)cc1. The van der Waals surface area contributed by atoms with Gasteiger partial charge in [-0.15, -0.1) is 0 Å². The Morgan fingerprint density at radius 1 is 1.19 bits per heavy atom. The van der Waals surface area contributed by atoms with Crippen LogP contribution >= 0.6 is 0 Å². The Balaban J connectivity index is 1.68. The molecule has 6 nitrogen and oxygen atoms in total. The highest BCUT2D eigenvalue weighted by Crippen LogP contribution is 2.14. The standard InChI is InChI=1S/C21H25N3O3/c1-2-26-18-12-10-16(11-13-18)20(25)24-21(22-15-19-9-6-14-27-19)23-17-7-4-3-5-8-17/h3-5,7-8,10-13,19H,2,6,9,14-15H2,1H3,(H2,22,23,24,25)/t19-/m0/s1. The lowest BCUT2D eigenvalue weighted by Crippen LogP contribution is -2.36. The number of rotatable bonds is 6. The molecule has 0 aromatic heterocycles.